The molecule has 0 atom stereocenters. The zero-order valence-electron chi connectivity index (χ0n) is 21.2. The summed E-state index contributed by atoms with van der Waals surface area (Å²) in [5.41, 5.74) is 5.92. The minimum Gasteiger partial charge on any atom is -0.342 e. The molecular weight excluding hydrogens is 448 g/mol. The van der Waals surface area contributed by atoms with Crippen molar-refractivity contribution in [3.8, 4) is 22.5 Å². The smallest absolute Gasteiger partial charge is 0.180 e. The number of aromatic nitrogens is 6. The first-order chi connectivity index (χ1) is 17.7. The van der Waals surface area contributed by atoms with E-state index in [0.717, 1.165) is 61.9 Å². The second-order valence-electron chi connectivity index (χ2n) is 10.1. The Balaban J connectivity index is 1.29. The SMILES string of the molecule is CCCN1Cc2c(nc(CC)n2Cc2ccc(-c3ccccc3-c3nnn[nH]3)cc2)N(CC2CC2)C1. The summed E-state index contributed by atoms with van der Waals surface area (Å²) in [5.74, 6) is 3.93. The lowest BCUT2D eigenvalue weighted by molar-refractivity contribution is 0.243. The quantitative estimate of drug-likeness (QED) is 0.371. The van der Waals surface area contributed by atoms with Crippen molar-refractivity contribution >= 4 is 5.82 Å². The van der Waals surface area contributed by atoms with Crippen molar-refractivity contribution in [2.75, 3.05) is 24.7 Å². The Morgan fingerprint density at radius 2 is 1.81 bits per heavy atom. The first-order valence-corrected chi connectivity index (χ1v) is 13.2. The lowest BCUT2D eigenvalue weighted by Gasteiger charge is -2.36. The van der Waals surface area contributed by atoms with Crippen LogP contribution in [0.2, 0.25) is 0 Å². The molecule has 0 amide bonds. The molecule has 0 unspecified atom stereocenters. The maximum atomic E-state index is 5.17. The fourth-order valence-corrected chi connectivity index (χ4v) is 5.37. The number of nitrogens with one attached hydrogen (secondary N) is 1. The van der Waals surface area contributed by atoms with E-state index in [0.29, 0.717) is 5.82 Å². The Hall–Kier alpha value is -3.52. The third-order valence-corrected chi connectivity index (χ3v) is 7.34. The third kappa shape index (κ3) is 4.53. The maximum Gasteiger partial charge on any atom is 0.180 e. The number of H-pyrrole nitrogens is 1. The normalized spacial score (nSPS) is 15.9. The Morgan fingerprint density at radius 3 is 2.50 bits per heavy atom. The molecule has 1 N–H and O–H groups in total. The molecule has 3 heterocycles. The average molecular weight is 483 g/mol. The molecule has 6 rings (SSSR count). The van der Waals surface area contributed by atoms with Crippen LogP contribution in [0.15, 0.2) is 48.5 Å². The highest BCUT2D eigenvalue weighted by Crippen LogP contribution is 2.35. The Morgan fingerprint density at radius 1 is 1.00 bits per heavy atom. The van der Waals surface area contributed by atoms with Gasteiger partial charge >= 0.3 is 0 Å². The summed E-state index contributed by atoms with van der Waals surface area (Å²) in [4.78, 5) is 10.3. The summed E-state index contributed by atoms with van der Waals surface area (Å²) in [5, 5.41) is 14.5. The molecule has 1 aliphatic carbocycles. The van der Waals surface area contributed by atoms with E-state index >= 15 is 0 Å². The number of anilines is 1. The first kappa shape index (κ1) is 22.9. The van der Waals surface area contributed by atoms with Gasteiger partial charge in [-0.25, -0.2) is 10.1 Å². The van der Waals surface area contributed by atoms with Gasteiger partial charge in [-0.3, -0.25) is 4.90 Å². The van der Waals surface area contributed by atoms with Gasteiger partial charge < -0.3 is 9.47 Å². The van der Waals surface area contributed by atoms with Crippen LogP contribution in [0.3, 0.4) is 0 Å². The lowest BCUT2D eigenvalue weighted by atomic mass is 9.98. The lowest BCUT2D eigenvalue weighted by Crippen LogP contribution is -2.44. The minimum absolute atomic E-state index is 0.680. The summed E-state index contributed by atoms with van der Waals surface area (Å²) in [6, 6.07) is 17.1. The molecule has 2 aromatic heterocycles. The van der Waals surface area contributed by atoms with Crippen LogP contribution in [-0.2, 0) is 19.5 Å². The van der Waals surface area contributed by atoms with Gasteiger partial charge in [0.05, 0.1) is 12.4 Å². The van der Waals surface area contributed by atoms with Crippen molar-refractivity contribution in [3.05, 3.63) is 65.6 Å². The van der Waals surface area contributed by atoms with Crippen molar-refractivity contribution in [1.82, 2.24) is 35.1 Å². The number of tetrazole rings is 1. The summed E-state index contributed by atoms with van der Waals surface area (Å²) in [7, 11) is 0. The summed E-state index contributed by atoms with van der Waals surface area (Å²) in [6.45, 7) is 9.59. The Kier molecular flexibility index (Phi) is 6.27. The molecule has 0 spiro atoms. The van der Waals surface area contributed by atoms with Gasteiger partial charge in [0.1, 0.15) is 5.82 Å². The fraction of sp³-hybridized carbons (Fsp3) is 0.429. The second-order valence-corrected chi connectivity index (χ2v) is 10.1. The number of aryl methyl sites for hydroxylation is 1. The van der Waals surface area contributed by atoms with Gasteiger partial charge in [0.15, 0.2) is 11.6 Å². The van der Waals surface area contributed by atoms with Gasteiger partial charge in [-0.2, -0.15) is 0 Å². The highest BCUT2D eigenvalue weighted by molar-refractivity contribution is 5.80. The van der Waals surface area contributed by atoms with Crippen molar-refractivity contribution in [2.24, 2.45) is 5.92 Å². The number of hydrogen-bond acceptors (Lipinski definition) is 6. The van der Waals surface area contributed by atoms with E-state index in [9.17, 15) is 0 Å². The Bertz CT molecular complexity index is 1300. The van der Waals surface area contributed by atoms with Gasteiger partial charge in [0.25, 0.3) is 0 Å². The highest BCUT2D eigenvalue weighted by Gasteiger charge is 2.32. The molecular formula is C28H34N8. The maximum absolute atomic E-state index is 5.17. The molecule has 186 valence electrons. The molecule has 8 heteroatoms. The van der Waals surface area contributed by atoms with Crippen molar-refractivity contribution < 1.29 is 0 Å². The molecule has 1 saturated carbocycles. The van der Waals surface area contributed by atoms with Crippen molar-refractivity contribution in [2.45, 2.75) is 52.6 Å². The van der Waals surface area contributed by atoms with Gasteiger partial charge in [-0.05, 0) is 58.8 Å². The van der Waals surface area contributed by atoms with Crippen molar-refractivity contribution in [1.29, 1.82) is 0 Å². The molecule has 2 aliphatic rings. The molecule has 36 heavy (non-hydrogen) atoms. The predicted molar refractivity (Wildman–Crippen MR) is 141 cm³/mol. The zero-order chi connectivity index (χ0) is 24.5. The van der Waals surface area contributed by atoms with Crippen LogP contribution in [0, 0.1) is 5.92 Å². The van der Waals surface area contributed by atoms with Crippen LogP contribution < -0.4 is 4.90 Å². The fourth-order valence-electron chi connectivity index (χ4n) is 5.37. The van der Waals surface area contributed by atoms with Crippen LogP contribution in [0.25, 0.3) is 22.5 Å². The third-order valence-electron chi connectivity index (χ3n) is 7.34. The van der Waals surface area contributed by atoms with E-state index in [1.54, 1.807) is 0 Å². The second kappa shape index (κ2) is 9.85. The van der Waals surface area contributed by atoms with E-state index in [-0.39, 0.29) is 0 Å². The molecule has 0 radical (unpaired) electrons. The van der Waals surface area contributed by atoms with Gasteiger partial charge in [-0.15, -0.1) is 5.10 Å². The molecule has 1 fully saturated rings. The summed E-state index contributed by atoms with van der Waals surface area (Å²) >= 11 is 0. The highest BCUT2D eigenvalue weighted by atomic mass is 15.5. The predicted octanol–water partition coefficient (Wildman–Crippen LogP) is 4.74. The molecule has 4 aromatic rings. The number of imidazole rings is 1. The van der Waals surface area contributed by atoms with Crippen LogP contribution >= 0.6 is 0 Å². The van der Waals surface area contributed by atoms with Crippen molar-refractivity contribution in [3.63, 3.8) is 0 Å². The molecule has 1 aliphatic heterocycles. The van der Waals surface area contributed by atoms with E-state index in [4.69, 9.17) is 4.98 Å². The van der Waals surface area contributed by atoms with E-state index in [2.05, 4.69) is 85.2 Å². The van der Waals surface area contributed by atoms with Crippen LogP contribution in [0.5, 0.6) is 0 Å². The number of fused-ring (bicyclic) bond motifs is 1. The van der Waals surface area contributed by atoms with Crippen LogP contribution in [0.1, 0.15) is 50.2 Å². The van der Waals surface area contributed by atoms with E-state index < -0.39 is 0 Å². The number of nitrogens with zero attached hydrogens (tertiary/aromatic N) is 7. The average Bonchev–Trinajstić information content (AvgIpc) is 3.42. The minimum atomic E-state index is 0.680. The molecule has 2 aromatic carbocycles. The van der Waals surface area contributed by atoms with Gasteiger partial charge in [0, 0.05) is 31.6 Å². The van der Waals surface area contributed by atoms with E-state index in [1.807, 2.05) is 12.1 Å². The van der Waals surface area contributed by atoms with E-state index in [1.165, 1.54) is 42.2 Å². The number of hydrogen-bond donors (Lipinski definition) is 1. The first-order valence-electron chi connectivity index (χ1n) is 13.2. The summed E-state index contributed by atoms with van der Waals surface area (Å²) < 4.78 is 2.47. The largest absolute Gasteiger partial charge is 0.342 e. The summed E-state index contributed by atoms with van der Waals surface area (Å²) in [6.07, 6.45) is 4.84. The van der Waals surface area contributed by atoms with Crippen LogP contribution in [0.4, 0.5) is 5.82 Å². The Labute approximate surface area is 212 Å². The molecule has 8 nitrogen and oxygen atoms in total. The standard InChI is InChI=1S/C28H34N8/c1-3-15-34-18-25-28(35(19-34)16-20-9-10-20)29-26(4-2)36(25)17-21-11-13-22(14-12-21)23-7-5-6-8-24(23)27-30-32-33-31-27/h5-8,11-14,20H,3-4,9-10,15-19H2,1-2H3,(H,30,31,32,33). The monoisotopic (exact) mass is 482 g/mol. The number of benzene rings is 2. The topological polar surface area (TPSA) is 78.8 Å². The molecule has 0 saturated heterocycles. The number of rotatable bonds is 9. The zero-order valence-corrected chi connectivity index (χ0v) is 21.2. The van der Waals surface area contributed by atoms with Gasteiger partial charge in [-0.1, -0.05) is 62.4 Å². The van der Waals surface area contributed by atoms with Crippen LogP contribution in [-0.4, -0.2) is 54.8 Å². The molecule has 0 bridgehead atoms. The van der Waals surface area contributed by atoms with Gasteiger partial charge in [0.2, 0.25) is 0 Å². The number of aromatic amines is 1.